The second-order valence-corrected chi connectivity index (χ2v) is 3.82. The van der Waals surface area contributed by atoms with Crippen molar-refractivity contribution in [3.05, 3.63) is 45.2 Å². The molecule has 0 radical (unpaired) electrons. The van der Waals surface area contributed by atoms with E-state index in [-0.39, 0.29) is 5.56 Å². The highest BCUT2D eigenvalue weighted by molar-refractivity contribution is 5.85. The molecule has 2 heteroatoms. The first-order chi connectivity index (χ1) is 6.58. The van der Waals surface area contributed by atoms with E-state index in [9.17, 15) is 4.79 Å². The number of rotatable bonds is 0. The lowest BCUT2D eigenvalue weighted by atomic mass is 10.0. The van der Waals surface area contributed by atoms with Crippen molar-refractivity contribution in [1.82, 2.24) is 4.98 Å². The fraction of sp³-hybridized carbons (Fsp3) is 0.250. The maximum absolute atomic E-state index is 11.3. The maximum Gasteiger partial charge on any atom is 0.248 e. The van der Waals surface area contributed by atoms with Crippen molar-refractivity contribution in [2.75, 3.05) is 0 Å². The van der Waals surface area contributed by atoms with Crippen LogP contribution >= 0.6 is 0 Å². The van der Waals surface area contributed by atoms with E-state index in [0.717, 1.165) is 16.5 Å². The predicted molar refractivity (Wildman–Crippen MR) is 58.8 cm³/mol. The van der Waals surface area contributed by atoms with Gasteiger partial charge in [0.05, 0.1) is 0 Å². The van der Waals surface area contributed by atoms with E-state index in [1.54, 1.807) is 6.07 Å². The fourth-order valence-corrected chi connectivity index (χ4v) is 2.03. The number of fused-ring (bicyclic) bond motifs is 1. The Hall–Kier alpha value is -1.57. The summed E-state index contributed by atoms with van der Waals surface area (Å²) in [5.41, 5.74) is 4.35. The van der Waals surface area contributed by atoms with Gasteiger partial charge in [-0.25, -0.2) is 0 Å². The van der Waals surface area contributed by atoms with Gasteiger partial charge in [-0.2, -0.15) is 0 Å². The van der Waals surface area contributed by atoms with E-state index in [2.05, 4.69) is 18.0 Å². The van der Waals surface area contributed by atoms with Crippen LogP contribution in [0.15, 0.2) is 23.0 Å². The van der Waals surface area contributed by atoms with E-state index in [0.29, 0.717) is 0 Å². The van der Waals surface area contributed by atoms with Crippen molar-refractivity contribution in [3.8, 4) is 0 Å². The van der Waals surface area contributed by atoms with Crippen molar-refractivity contribution >= 4 is 10.9 Å². The average Bonchev–Trinajstić information content (AvgIpc) is 1.99. The lowest BCUT2D eigenvalue weighted by Crippen LogP contribution is -2.05. The molecule has 0 saturated heterocycles. The Bertz CT molecular complexity index is 552. The molecule has 72 valence electrons. The third-order valence-electron chi connectivity index (χ3n) is 2.48. The van der Waals surface area contributed by atoms with Crippen molar-refractivity contribution < 1.29 is 0 Å². The van der Waals surface area contributed by atoms with Gasteiger partial charge in [0.25, 0.3) is 0 Å². The molecular formula is C12H13NO. The zero-order chi connectivity index (χ0) is 10.3. The largest absolute Gasteiger partial charge is 0.322 e. The van der Waals surface area contributed by atoms with Crippen molar-refractivity contribution in [3.63, 3.8) is 0 Å². The molecular weight excluding hydrogens is 174 g/mol. The van der Waals surface area contributed by atoms with Crippen LogP contribution in [0.25, 0.3) is 10.9 Å². The third-order valence-corrected chi connectivity index (χ3v) is 2.48. The summed E-state index contributed by atoms with van der Waals surface area (Å²) in [6.07, 6.45) is 0. The van der Waals surface area contributed by atoms with Gasteiger partial charge in [0, 0.05) is 17.0 Å². The van der Waals surface area contributed by atoms with Crippen LogP contribution in [0.1, 0.15) is 16.7 Å². The Morgan fingerprint density at radius 1 is 1.00 bits per heavy atom. The minimum atomic E-state index is -0.0278. The first kappa shape index (κ1) is 9.00. The molecule has 0 bridgehead atoms. The van der Waals surface area contributed by atoms with Gasteiger partial charge in [-0.15, -0.1) is 0 Å². The number of hydrogen-bond acceptors (Lipinski definition) is 1. The molecule has 2 rings (SSSR count). The molecule has 0 spiro atoms. The molecule has 0 amide bonds. The topological polar surface area (TPSA) is 32.9 Å². The number of benzene rings is 1. The molecule has 1 aromatic heterocycles. The van der Waals surface area contributed by atoms with Crippen LogP contribution in [0, 0.1) is 20.8 Å². The molecule has 2 aromatic rings. The number of pyridine rings is 1. The number of aryl methyl sites for hydroxylation is 3. The second kappa shape index (κ2) is 2.98. The van der Waals surface area contributed by atoms with Gasteiger partial charge >= 0.3 is 0 Å². The Morgan fingerprint density at radius 3 is 2.36 bits per heavy atom. The second-order valence-electron chi connectivity index (χ2n) is 3.82. The van der Waals surface area contributed by atoms with Gasteiger partial charge in [-0.1, -0.05) is 6.07 Å². The molecule has 0 aliphatic heterocycles. The summed E-state index contributed by atoms with van der Waals surface area (Å²) >= 11 is 0. The monoisotopic (exact) mass is 187 g/mol. The molecule has 0 saturated carbocycles. The third kappa shape index (κ3) is 1.33. The van der Waals surface area contributed by atoms with Gasteiger partial charge in [0.2, 0.25) is 5.56 Å². The van der Waals surface area contributed by atoms with E-state index in [1.807, 2.05) is 19.9 Å². The summed E-state index contributed by atoms with van der Waals surface area (Å²) in [5, 5.41) is 1.16. The molecule has 1 N–H and O–H groups in total. The summed E-state index contributed by atoms with van der Waals surface area (Å²) in [5.74, 6) is 0. The van der Waals surface area contributed by atoms with Gasteiger partial charge < -0.3 is 4.98 Å². The highest BCUT2D eigenvalue weighted by Crippen LogP contribution is 2.20. The number of aromatic nitrogens is 1. The lowest BCUT2D eigenvalue weighted by molar-refractivity contribution is 1.26. The van der Waals surface area contributed by atoms with E-state index in [1.165, 1.54) is 11.1 Å². The van der Waals surface area contributed by atoms with Crippen molar-refractivity contribution in [1.29, 1.82) is 0 Å². The van der Waals surface area contributed by atoms with Crippen LogP contribution in [0.3, 0.4) is 0 Å². The Labute approximate surface area is 82.6 Å². The molecule has 1 heterocycles. The van der Waals surface area contributed by atoms with Crippen LogP contribution in [-0.4, -0.2) is 4.98 Å². The minimum Gasteiger partial charge on any atom is -0.322 e. The molecule has 0 aliphatic carbocycles. The van der Waals surface area contributed by atoms with Crippen LogP contribution in [0.2, 0.25) is 0 Å². The summed E-state index contributed by atoms with van der Waals surface area (Å²) in [4.78, 5) is 14.1. The van der Waals surface area contributed by atoms with Gasteiger partial charge in [0.1, 0.15) is 0 Å². The Balaban J connectivity index is 3.01. The van der Waals surface area contributed by atoms with Gasteiger partial charge in [-0.3, -0.25) is 4.79 Å². The van der Waals surface area contributed by atoms with E-state index < -0.39 is 0 Å². The Morgan fingerprint density at radius 2 is 1.64 bits per heavy atom. The Kier molecular flexibility index (Phi) is 1.92. The number of nitrogens with one attached hydrogen (secondary N) is 1. The highest BCUT2D eigenvalue weighted by Gasteiger charge is 2.03. The molecule has 0 aliphatic rings. The van der Waals surface area contributed by atoms with Crippen molar-refractivity contribution in [2.45, 2.75) is 20.8 Å². The summed E-state index contributed by atoms with van der Waals surface area (Å²) in [7, 11) is 0. The number of aromatic amines is 1. The van der Waals surface area contributed by atoms with Crippen molar-refractivity contribution in [2.24, 2.45) is 0 Å². The van der Waals surface area contributed by atoms with Crippen LogP contribution in [-0.2, 0) is 0 Å². The molecule has 0 atom stereocenters. The maximum atomic E-state index is 11.3. The summed E-state index contributed by atoms with van der Waals surface area (Å²) < 4.78 is 0. The molecule has 14 heavy (non-hydrogen) atoms. The minimum absolute atomic E-state index is 0.0278. The fourth-order valence-electron chi connectivity index (χ4n) is 2.03. The smallest absolute Gasteiger partial charge is 0.248 e. The first-order valence-electron chi connectivity index (χ1n) is 4.69. The van der Waals surface area contributed by atoms with E-state index >= 15 is 0 Å². The van der Waals surface area contributed by atoms with Gasteiger partial charge in [-0.05, 0) is 43.5 Å². The standard InChI is InChI=1S/C12H13NO/c1-7-4-8(2)12-9(3)6-11(14)13-10(12)5-7/h4-6H,1-3H3,(H,13,14). The molecule has 0 unspecified atom stereocenters. The average molecular weight is 187 g/mol. The zero-order valence-corrected chi connectivity index (χ0v) is 8.64. The number of H-pyrrole nitrogens is 1. The zero-order valence-electron chi connectivity index (χ0n) is 8.64. The normalized spacial score (nSPS) is 10.8. The van der Waals surface area contributed by atoms with Crippen LogP contribution in [0.4, 0.5) is 0 Å². The molecule has 2 nitrogen and oxygen atoms in total. The highest BCUT2D eigenvalue weighted by atomic mass is 16.1. The van der Waals surface area contributed by atoms with Crippen LogP contribution in [0.5, 0.6) is 0 Å². The SMILES string of the molecule is Cc1cc(C)c2c(C)cc(=O)[nH]c2c1. The van der Waals surface area contributed by atoms with E-state index in [4.69, 9.17) is 0 Å². The lowest BCUT2D eigenvalue weighted by Gasteiger charge is -2.06. The van der Waals surface area contributed by atoms with Crippen LogP contribution < -0.4 is 5.56 Å². The molecule has 1 aromatic carbocycles. The molecule has 0 fully saturated rings. The summed E-state index contributed by atoms with van der Waals surface area (Å²) in [6, 6.07) is 5.79. The number of hydrogen-bond donors (Lipinski definition) is 1. The quantitative estimate of drug-likeness (QED) is 0.675. The predicted octanol–water partition coefficient (Wildman–Crippen LogP) is 2.45. The summed E-state index contributed by atoms with van der Waals surface area (Å²) in [6.45, 7) is 6.08. The van der Waals surface area contributed by atoms with Gasteiger partial charge in [0.15, 0.2) is 0 Å². The first-order valence-corrected chi connectivity index (χ1v) is 4.69.